The fourth-order valence-electron chi connectivity index (χ4n) is 1.84. The third-order valence-corrected chi connectivity index (χ3v) is 2.78. The lowest BCUT2D eigenvalue weighted by Gasteiger charge is -2.13. The molecule has 0 aliphatic heterocycles. The van der Waals surface area contributed by atoms with Gasteiger partial charge in [-0.05, 0) is 37.8 Å². The van der Waals surface area contributed by atoms with Crippen LogP contribution in [0.25, 0.3) is 0 Å². The van der Waals surface area contributed by atoms with Crippen molar-refractivity contribution in [1.82, 2.24) is 5.32 Å². The summed E-state index contributed by atoms with van der Waals surface area (Å²) in [4.78, 5) is 0. The fourth-order valence-corrected chi connectivity index (χ4v) is 1.84. The summed E-state index contributed by atoms with van der Waals surface area (Å²) in [5, 5.41) is 13.1. The number of hydrogen-bond donors (Lipinski definition) is 2. The van der Waals surface area contributed by atoms with E-state index in [9.17, 15) is 5.11 Å². The molecule has 0 aromatic heterocycles. The maximum Gasteiger partial charge on any atom is 0.0667 e. The predicted molar refractivity (Wildman–Crippen MR) is 73.2 cm³/mol. The van der Waals surface area contributed by atoms with E-state index in [0.717, 1.165) is 19.4 Å². The Balaban J connectivity index is 2.21. The topological polar surface area (TPSA) is 32.3 Å². The zero-order valence-electron chi connectivity index (χ0n) is 11.2. The van der Waals surface area contributed by atoms with Gasteiger partial charge in [0.25, 0.3) is 0 Å². The average Bonchev–Trinajstić information content (AvgIpc) is 2.26. The van der Waals surface area contributed by atoms with E-state index in [-0.39, 0.29) is 6.10 Å². The number of benzene rings is 1. The van der Waals surface area contributed by atoms with Gasteiger partial charge in [0.05, 0.1) is 6.10 Å². The molecule has 1 aromatic carbocycles. The minimum Gasteiger partial charge on any atom is -0.392 e. The number of nitrogens with one attached hydrogen (secondary N) is 1. The summed E-state index contributed by atoms with van der Waals surface area (Å²) in [7, 11) is 0. The van der Waals surface area contributed by atoms with Crippen LogP contribution in [0.4, 0.5) is 0 Å². The third-order valence-electron chi connectivity index (χ3n) is 2.78. The van der Waals surface area contributed by atoms with Crippen molar-refractivity contribution in [3.63, 3.8) is 0 Å². The van der Waals surface area contributed by atoms with Crippen LogP contribution < -0.4 is 5.32 Å². The van der Waals surface area contributed by atoms with Crippen molar-refractivity contribution in [2.45, 2.75) is 39.7 Å². The molecule has 1 atom stereocenters. The van der Waals surface area contributed by atoms with Gasteiger partial charge in [0.1, 0.15) is 0 Å². The molecular formula is C15H25NO. The first kappa shape index (κ1) is 14.2. The highest BCUT2D eigenvalue weighted by Crippen LogP contribution is 2.07. The lowest BCUT2D eigenvalue weighted by molar-refractivity contribution is 0.161. The quantitative estimate of drug-likeness (QED) is 0.761. The van der Waals surface area contributed by atoms with Crippen LogP contribution in [0, 0.1) is 12.8 Å². The highest BCUT2D eigenvalue weighted by molar-refractivity contribution is 5.22. The number of aryl methyl sites for hydroxylation is 2. The Morgan fingerprint density at radius 2 is 2.00 bits per heavy atom. The molecule has 2 nitrogen and oxygen atoms in total. The van der Waals surface area contributed by atoms with Gasteiger partial charge < -0.3 is 10.4 Å². The highest BCUT2D eigenvalue weighted by atomic mass is 16.3. The Morgan fingerprint density at radius 3 is 2.65 bits per heavy atom. The van der Waals surface area contributed by atoms with Crippen molar-refractivity contribution in [2.75, 3.05) is 13.1 Å². The summed E-state index contributed by atoms with van der Waals surface area (Å²) < 4.78 is 0. The third kappa shape index (κ3) is 6.44. The molecule has 0 unspecified atom stereocenters. The van der Waals surface area contributed by atoms with Crippen molar-refractivity contribution in [3.8, 4) is 0 Å². The number of aliphatic hydroxyl groups is 1. The summed E-state index contributed by atoms with van der Waals surface area (Å²) in [6.07, 6.45) is 1.54. The van der Waals surface area contributed by atoms with Gasteiger partial charge in [-0.1, -0.05) is 43.7 Å². The van der Waals surface area contributed by atoms with Gasteiger partial charge in [0.2, 0.25) is 0 Å². The first-order valence-electron chi connectivity index (χ1n) is 6.52. The second kappa shape index (κ2) is 7.46. The molecule has 1 rings (SSSR count). The van der Waals surface area contributed by atoms with Gasteiger partial charge in [-0.25, -0.2) is 0 Å². The average molecular weight is 235 g/mol. The summed E-state index contributed by atoms with van der Waals surface area (Å²) >= 11 is 0. The molecule has 2 heteroatoms. The second-order valence-corrected chi connectivity index (χ2v) is 5.23. The Bertz CT molecular complexity index is 322. The van der Waals surface area contributed by atoms with Crippen LogP contribution in [-0.4, -0.2) is 24.3 Å². The molecule has 96 valence electrons. The molecule has 0 aliphatic carbocycles. The maximum atomic E-state index is 9.83. The standard InChI is InChI=1S/C15H25NO/c1-12(2)10-16-11-15(17)8-7-14-6-4-5-13(3)9-14/h4-6,9,12,15-17H,7-8,10-11H2,1-3H3/t15-/m1/s1. The summed E-state index contributed by atoms with van der Waals surface area (Å²) in [6.45, 7) is 8.12. The monoisotopic (exact) mass is 235 g/mol. The SMILES string of the molecule is Cc1cccc(CC[C@@H](O)CNCC(C)C)c1. The fraction of sp³-hybridized carbons (Fsp3) is 0.600. The molecule has 17 heavy (non-hydrogen) atoms. The molecule has 1 aromatic rings. The minimum absolute atomic E-state index is 0.241. The first-order valence-corrected chi connectivity index (χ1v) is 6.52. The Hall–Kier alpha value is -0.860. The highest BCUT2D eigenvalue weighted by Gasteiger charge is 2.04. The van der Waals surface area contributed by atoms with Gasteiger partial charge in [-0.3, -0.25) is 0 Å². The van der Waals surface area contributed by atoms with Crippen molar-refractivity contribution >= 4 is 0 Å². The molecule has 0 spiro atoms. The lowest BCUT2D eigenvalue weighted by atomic mass is 10.0. The van der Waals surface area contributed by atoms with E-state index in [1.54, 1.807) is 0 Å². The molecule has 0 fully saturated rings. The van der Waals surface area contributed by atoms with E-state index in [4.69, 9.17) is 0 Å². The molecule has 0 amide bonds. The number of rotatable bonds is 7. The minimum atomic E-state index is -0.241. The largest absolute Gasteiger partial charge is 0.392 e. The van der Waals surface area contributed by atoms with Crippen LogP contribution in [0.1, 0.15) is 31.4 Å². The van der Waals surface area contributed by atoms with Crippen molar-refractivity contribution in [2.24, 2.45) is 5.92 Å². The summed E-state index contributed by atoms with van der Waals surface area (Å²) in [5.74, 6) is 0.638. The Labute approximate surface area is 105 Å². The zero-order chi connectivity index (χ0) is 12.7. The molecular weight excluding hydrogens is 210 g/mol. The summed E-state index contributed by atoms with van der Waals surface area (Å²) in [6, 6.07) is 8.49. The number of aliphatic hydroxyl groups excluding tert-OH is 1. The van der Waals surface area contributed by atoms with Crippen molar-refractivity contribution in [3.05, 3.63) is 35.4 Å². The van der Waals surface area contributed by atoms with Crippen molar-refractivity contribution in [1.29, 1.82) is 0 Å². The normalized spacial score (nSPS) is 13.0. The van der Waals surface area contributed by atoms with E-state index in [1.165, 1.54) is 11.1 Å². The molecule has 2 N–H and O–H groups in total. The van der Waals surface area contributed by atoms with E-state index in [0.29, 0.717) is 12.5 Å². The smallest absolute Gasteiger partial charge is 0.0667 e. The molecule has 0 bridgehead atoms. The van der Waals surface area contributed by atoms with E-state index >= 15 is 0 Å². The van der Waals surface area contributed by atoms with Gasteiger partial charge in [0, 0.05) is 6.54 Å². The molecule has 0 heterocycles. The Kier molecular flexibility index (Phi) is 6.23. The summed E-state index contributed by atoms with van der Waals surface area (Å²) in [5.41, 5.74) is 2.60. The van der Waals surface area contributed by atoms with Crippen LogP contribution in [-0.2, 0) is 6.42 Å². The van der Waals surface area contributed by atoms with Crippen LogP contribution in [0.15, 0.2) is 24.3 Å². The van der Waals surface area contributed by atoms with E-state index in [1.807, 2.05) is 0 Å². The maximum absolute atomic E-state index is 9.83. The van der Waals surface area contributed by atoms with Crippen LogP contribution in [0.3, 0.4) is 0 Å². The van der Waals surface area contributed by atoms with E-state index < -0.39 is 0 Å². The van der Waals surface area contributed by atoms with E-state index in [2.05, 4.69) is 50.4 Å². The van der Waals surface area contributed by atoms with Crippen LogP contribution >= 0.6 is 0 Å². The lowest BCUT2D eigenvalue weighted by Crippen LogP contribution is -2.29. The zero-order valence-corrected chi connectivity index (χ0v) is 11.2. The second-order valence-electron chi connectivity index (χ2n) is 5.23. The van der Waals surface area contributed by atoms with Crippen LogP contribution in [0.2, 0.25) is 0 Å². The van der Waals surface area contributed by atoms with Crippen molar-refractivity contribution < 1.29 is 5.11 Å². The van der Waals surface area contributed by atoms with Gasteiger partial charge >= 0.3 is 0 Å². The molecule has 0 radical (unpaired) electrons. The molecule has 0 aliphatic rings. The van der Waals surface area contributed by atoms with Gasteiger partial charge in [0.15, 0.2) is 0 Å². The molecule has 0 saturated carbocycles. The Morgan fingerprint density at radius 1 is 1.24 bits per heavy atom. The van der Waals surface area contributed by atoms with Crippen LogP contribution in [0.5, 0.6) is 0 Å². The molecule has 0 saturated heterocycles. The number of hydrogen-bond acceptors (Lipinski definition) is 2. The van der Waals surface area contributed by atoms with Gasteiger partial charge in [-0.2, -0.15) is 0 Å². The first-order chi connectivity index (χ1) is 8.08. The van der Waals surface area contributed by atoms with Gasteiger partial charge in [-0.15, -0.1) is 0 Å². The predicted octanol–water partition coefficient (Wildman–Crippen LogP) is 2.53.